The Balaban J connectivity index is 2.04. The number of alkyl halides is 1. The molecule has 2 heterocycles. The maximum Gasteiger partial charge on any atom is 0.138 e. The highest BCUT2D eigenvalue weighted by Gasteiger charge is 2.16. The molecule has 0 fully saturated rings. The van der Waals surface area contributed by atoms with Crippen molar-refractivity contribution in [3.8, 4) is 0 Å². The molecule has 6 heteroatoms. The Morgan fingerprint density at radius 2 is 2.29 bits per heavy atom. The molecule has 0 aliphatic carbocycles. The van der Waals surface area contributed by atoms with Gasteiger partial charge in [0.1, 0.15) is 11.6 Å². The predicted molar refractivity (Wildman–Crippen MR) is 94.7 cm³/mol. The van der Waals surface area contributed by atoms with Gasteiger partial charge in [-0.05, 0) is 53.4 Å². The average Bonchev–Trinajstić information content (AvgIpc) is 3.05. The summed E-state index contributed by atoms with van der Waals surface area (Å²) in [5, 5.41) is 1.86. The number of hydrogen-bond donors (Lipinski definition) is 0. The summed E-state index contributed by atoms with van der Waals surface area (Å²) in [6, 6.07) is 7.48. The molecule has 3 aromatic rings. The van der Waals surface area contributed by atoms with Crippen LogP contribution in [0.2, 0.25) is 0 Å². The molecule has 0 N–H and O–H groups in total. The zero-order chi connectivity index (χ0) is 15.0. The number of benzene rings is 1. The van der Waals surface area contributed by atoms with E-state index in [1.165, 1.54) is 4.88 Å². The van der Waals surface area contributed by atoms with Gasteiger partial charge >= 0.3 is 0 Å². The zero-order valence-corrected chi connectivity index (χ0v) is 15.0. The number of aryl methyl sites for hydroxylation is 2. The minimum Gasteiger partial charge on any atom is -0.326 e. The summed E-state index contributed by atoms with van der Waals surface area (Å²) in [6.45, 7) is 2.65. The van der Waals surface area contributed by atoms with E-state index in [1.54, 1.807) is 23.5 Å². The Morgan fingerprint density at radius 1 is 1.48 bits per heavy atom. The van der Waals surface area contributed by atoms with Gasteiger partial charge in [0, 0.05) is 17.5 Å². The van der Waals surface area contributed by atoms with Crippen LogP contribution in [-0.4, -0.2) is 9.55 Å². The molecule has 0 spiro atoms. The highest BCUT2D eigenvalue weighted by atomic mass is 127. The Labute approximate surface area is 145 Å². The molecule has 1 unspecified atom stereocenters. The van der Waals surface area contributed by atoms with Gasteiger partial charge in [-0.15, -0.1) is 22.9 Å². The first-order valence-corrected chi connectivity index (χ1v) is 8.97. The molecule has 110 valence electrons. The lowest BCUT2D eigenvalue weighted by Crippen LogP contribution is -2.06. The number of rotatable bonds is 4. The second-order valence-electron chi connectivity index (χ2n) is 4.82. The minimum absolute atomic E-state index is 0.207. The van der Waals surface area contributed by atoms with E-state index in [1.807, 2.05) is 40.1 Å². The first-order valence-electron chi connectivity index (χ1n) is 6.58. The van der Waals surface area contributed by atoms with Gasteiger partial charge in [0.2, 0.25) is 0 Å². The van der Waals surface area contributed by atoms with Crippen LogP contribution in [0.1, 0.15) is 23.0 Å². The van der Waals surface area contributed by atoms with E-state index in [2.05, 4.69) is 16.4 Å². The molecule has 0 amide bonds. The van der Waals surface area contributed by atoms with Crippen LogP contribution in [0.4, 0.5) is 4.39 Å². The second kappa shape index (κ2) is 6.22. The van der Waals surface area contributed by atoms with Crippen LogP contribution >= 0.6 is 45.5 Å². The summed E-state index contributed by atoms with van der Waals surface area (Å²) in [6.07, 6.45) is 0.896. The van der Waals surface area contributed by atoms with Crippen molar-refractivity contribution in [2.75, 3.05) is 0 Å². The molecule has 1 atom stereocenters. The third-order valence-corrected chi connectivity index (χ3v) is 5.30. The van der Waals surface area contributed by atoms with Crippen LogP contribution in [0.15, 0.2) is 29.6 Å². The summed E-state index contributed by atoms with van der Waals surface area (Å²) in [5.41, 5.74) is 1.61. The van der Waals surface area contributed by atoms with Crippen LogP contribution in [0.5, 0.6) is 0 Å². The van der Waals surface area contributed by atoms with Gasteiger partial charge in [0.15, 0.2) is 0 Å². The van der Waals surface area contributed by atoms with Crippen molar-refractivity contribution in [3.05, 3.63) is 49.7 Å². The maximum atomic E-state index is 13.9. The predicted octanol–water partition coefficient (Wildman–Crippen LogP) is 5.38. The zero-order valence-electron chi connectivity index (χ0n) is 11.3. The maximum absolute atomic E-state index is 13.9. The fourth-order valence-corrected chi connectivity index (χ4v) is 3.67. The van der Waals surface area contributed by atoms with Crippen molar-refractivity contribution in [3.63, 3.8) is 0 Å². The van der Waals surface area contributed by atoms with E-state index in [-0.39, 0.29) is 11.2 Å². The van der Waals surface area contributed by atoms with Gasteiger partial charge in [0.05, 0.1) is 20.0 Å². The van der Waals surface area contributed by atoms with Gasteiger partial charge in [-0.2, -0.15) is 0 Å². The molecular weight excluding hydrogens is 422 g/mol. The van der Waals surface area contributed by atoms with Crippen LogP contribution in [0, 0.1) is 9.39 Å². The van der Waals surface area contributed by atoms with Crippen molar-refractivity contribution < 1.29 is 4.39 Å². The summed E-state index contributed by atoms with van der Waals surface area (Å²) in [4.78, 5) is 5.88. The number of thiophene rings is 1. The molecule has 0 bridgehead atoms. The molecule has 0 aliphatic heterocycles. The average molecular weight is 435 g/mol. The Hall–Kier alpha value is -0.660. The van der Waals surface area contributed by atoms with E-state index in [0.717, 1.165) is 29.8 Å². The quantitative estimate of drug-likeness (QED) is 0.398. The Morgan fingerprint density at radius 3 is 2.95 bits per heavy atom. The summed E-state index contributed by atoms with van der Waals surface area (Å²) < 4.78 is 16.5. The third kappa shape index (κ3) is 3.10. The molecular formula is C15H13ClFIN2S. The minimum atomic E-state index is -0.214. The number of hydrogen-bond acceptors (Lipinski definition) is 2. The smallest absolute Gasteiger partial charge is 0.138 e. The Bertz CT molecular complexity index is 768. The first-order chi connectivity index (χ1) is 10.1. The lowest BCUT2D eigenvalue weighted by atomic mass is 10.3. The van der Waals surface area contributed by atoms with Crippen molar-refractivity contribution in [2.24, 2.45) is 0 Å². The van der Waals surface area contributed by atoms with E-state index in [9.17, 15) is 4.39 Å². The topological polar surface area (TPSA) is 17.8 Å². The Kier molecular flexibility index (Phi) is 4.51. The third-order valence-electron chi connectivity index (χ3n) is 3.34. The fraction of sp³-hybridized carbons (Fsp3) is 0.267. The molecule has 3 rings (SSSR count). The molecule has 0 radical (unpaired) electrons. The lowest BCUT2D eigenvalue weighted by molar-refractivity contribution is 0.619. The second-order valence-corrected chi connectivity index (χ2v) is 7.67. The number of halogens is 3. The summed E-state index contributed by atoms with van der Waals surface area (Å²) >= 11 is 9.96. The number of fused-ring (bicyclic) bond motifs is 1. The van der Waals surface area contributed by atoms with Gasteiger partial charge in [-0.25, -0.2) is 9.37 Å². The number of aromatic nitrogens is 2. The van der Waals surface area contributed by atoms with Crippen molar-refractivity contribution in [1.29, 1.82) is 0 Å². The van der Waals surface area contributed by atoms with Crippen LogP contribution in [-0.2, 0) is 13.0 Å². The van der Waals surface area contributed by atoms with Crippen LogP contribution in [0.25, 0.3) is 11.0 Å². The monoisotopic (exact) mass is 434 g/mol. The van der Waals surface area contributed by atoms with E-state index in [4.69, 9.17) is 11.6 Å². The molecule has 0 saturated carbocycles. The number of nitrogens with zero attached hydrogens (tertiary/aromatic N) is 2. The largest absolute Gasteiger partial charge is 0.326 e. The van der Waals surface area contributed by atoms with Gasteiger partial charge in [-0.3, -0.25) is 0 Å². The molecule has 0 aliphatic rings. The molecule has 21 heavy (non-hydrogen) atoms. The first kappa shape index (κ1) is 15.2. The van der Waals surface area contributed by atoms with Crippen molar-refractivity contribution in [2.45, 2.75) is 25.3 Å². The van der Waals surface area contributed by atoms with E-state index in [0.29, 0.717) is 3.57 Å². The normalized spacial score (nSPS) is 13.0. The molecule has 1 aromatic carbocycles. The van der Waals surface area contributed by atoms with E-state index >= 15 is 0 Å². The SMILES string of the molecule is CC(Cl)c1nc2cc(I)c(F)cc2n1CCc1cccs1. The summed E-state index contributed by atoms with van der Waals surface area (Å²) in [7, 11) is 0. The lowest BCUT2D eigenvalue weighted by Gasteiger charge is -2.10. The highest BCUT2D eigenvalue weighted by Crippen LogP contribution is 2.27. The molecule has 0 saturated heterocycles. The molecule has 2 aromatic heterocycles. The standard InChI is InChI=1S/C15H13ClFIN2S/c1-9(16)15-19-13-8-12(18)11(17)7-14(13)20(15)5-4-10-3-2-6-21-10/h2-3,6-9H,4-5H2,1H3. The van der Waals surface area contributed by atoms with Gasteiger partial charge < -0.3 is 4.57 Å². The highest BCUT2D eigenvalue weighted by molar-refractivity contribution is 14.1. The summed E-state index contributed by atoms with van der Waals surface area (Å²) in [5.74, 6) is 0.582. The van der Waals surface area contributed by atoms with Crippen LogP contribution < -0.4 is 0 Å². The van der Waals surface area contributed by atoms with Gasteiger partial charge in [0.25, 0.3) is 0 Å². The molecule has 2 nitrogen and oxygen atoms in total. The van der Waals surface area contributed by atoms with Crippen LogP contribution in [0.3, 0.4) is 0 Å². The van der Waals surface area contributed by atoms with E-state index < -0.39 is 0 Å². The van der Waals surface area contributed by atoms with Gasteiger partial charge in [-0.1, -0.05) is 6.07 Å². The van der Waals surface area contributed by atoms with Crippen molar-refractivity contribution >= 4 is 56.6 Å². The fourth-order valence-electron chi connectivity index (χ4n) is 2.35. The van der Waals surface area contributed by atoms with Crippen molar-refractivity contribution in [1.82, 2.24) is 9.55 Å². The number of imidazole rings is 1.